The molecule has 35 heavy (non-hydrogen) atoms. The standard InChI is InChI=1S/C27H25ClN4O3/c28-20-12-13-21-19(15-20)16-24(29-21)27(34)31-23-6-2-1-5-22(23)30-26(33)18-10-8-17(9-11-18)25-7-3-4-14-32(25)35/h3-4,7-16,22-23,29H,1-2,5-6H2,(H,30,33)(H,31,34)/t22-,23+/m0/s1. The van der Waals surface area contributed by atoms with Gasteiger partial charge >= 0.3 is 0 Å². The van der Waals surface area contributed by atoms with Crippen molar-refractivity contribution in [2.24, 2.45) is 0 Å². The number of hydrogen-bond donors (Lipinski definition) is 3. The van der Waals surface area contributed by atoms with E-state index in [2.05, 4.69) is 15.6 Å². The predicted molar refractivity (Wildman–Crippen MR) is 135 cm³/mol. The molecule has 2 heterocycles. The van der Waals surface area contributed by atoms with Gasteiger partial charge in [-0.15, -0.1) is 0 Å². The number of H-pyrrole nitrogens is 1. The third kappa shape index (κ3) is 5.00. The number of rotatable bonds is 5. The van der Waals surface area contributed by atoms with Crippen LogP contribution in [0.4, 0.5) is 0 Å². The average Bonchev–Trinajstić information content (AvgIpc) is 3.29. The molecule has 7 nitrogen and oxygen atoms in total. The Morgan fingerprint density at radius 3 is 2.34 bits per heavy atom. The fraction of sp³-hybridized carbons (Fsp3) is 0.222. The van der Waals surface area contributed by atoms with Crippen LogP contribution < -0.4 is 15.4 Å². The third-order valence-electron chi connectivity index (χ3n) is 6.49. The van der Waals surface area contributed by atoms with Crippen LogP contribution >= 0.6 is 11.6 Å². The summed E-state index contributed by atoms with van der Waals surface area (Å²) in [5.74, 6) is -0.410. The highest BCUT2D eigenvalue weighted by molar-refractivity contribution is 6.31. The first-order valence-electron chi connectivity index (χ1n) is 11.7. The van der Waals surface area contributed by atoms with E-state index in [0.717, 1.165) is 46.9 Å². The molecule has 0 spiro atoms. The number of aromatic nitrogens is 2. The van der Waals surface area contributed by atoms with Crippen molar-refractivity contribution in [1.29, 1.82) is 0 Å². The summed E-state index contributed by atoms with van der Waals surface area (Å²) in [5, 5.41) is 19.7. The lowest BCUT2D eigenvalue weighted by Gasteiger charge is -2.32. The summed E-state index contributed by atoms with van der Waals surface area (Å²) in [6, 6.07) is 19.0. The van der Waals surface area contributed by atoms with E-state index in [4.69, 9.17) is 11.6 Å². The Kier molecular flexibility index (Phi) is 6.42. The van der Waals surface area contributed by atoms with E-state index in [-0.39, 0.29) is 23.9 Å². The number of fused-ring (bicyclic) bond motifs is 1. The van der Waals surface area contributed by atoms with Crippen LogP contribution in [-0.4, -0.2) is 28.9 Å². The first-order chi connectivity index (χ1) is 17.0. The number of amides is 2. The van der Waals surface area contributed by atoms with Gasteiger partial charge in [0.15, 0.2) is 6.20 Å². The van der Waals surface area contributed by atoms with Crippen molar-refractivity contribution < 1.29 is 14.3 Å². The molecule has 0 bridgehead atoms. The Morgan fingerprint density at radius 1 is 0.914 bits per heavy atom. The summed E-state index contributed by atoms with van der Waals surface area (Å²) in [4.78, 5) is 29.1. The van der Waals surface area contributed by atoms with Crippen LogP contribution in [0.3, 0.4) is 0 Å². The van der Waals surface area contributed by atoms with Crippen molar-refractivity contribution in [1.82, 2.24) is 15.6 Å². The van der Waals surface area contributed by atoms with Crippen LogP contribution in [0.1, 0.15) is 46.5 Å². The van der Waals surface area contributed by atoms with Crippen LogP contribution in [0.2, 0.25) is 5.02 Å². The number of hydrogen-bond acceptors (Lipinski definition) is 3. The lowest BCUT2D eigenvalue weighted by Crippen LogP contribution is -2.53. The molecule has 0 aliphatic heterocycles. The topological polar surface area (TPSA) is 101 Å². The molecule has 0 unspecified atom stereocenters. The van der Waals surface area contributed by atoms with Gasteiger partial charge in [-0.25, -0.2) is 0 Å². The van der Waals surface area contributed by atoms with Gasteiger partial charge in [0, 0.05) is 51.3 Å². The van der Waals surface area contributed by atoms with Crippen LogP contribution in [-0.2, 0) is 0 Å². The molecular weight excluding hydrogens is 464 g/mol. The number of pyridine rings is 1. The molecule has 178 valence electrons. The first-order valence-corrected chi connectivity index (χ1v) is 12.0. The number of aromatic amines is 1. The van der Waals surface area contributed by atoms with E-state index in [1.54, 1.807) is 54.6 Å². The molecule has 0 saturated heterocycles. The fourth-order valence-electron chi connectivity index (χ4n) is 4.64. The Labute approximate surface area is 207 Å². The minimum atomic E-state index is -0.207. The molecule has 1 saturated carbocycles. The van der Waals surface area contributed by atoms with E-state index in [1.807, 2.05) is 12.1 Å². The highest BCUT2D eigenvalue weighted by atomic mass is 35.5. The molecular formula is C27H25ClN4O3. The minimum absolute atomic E-state index is 0.168. The maximum atomic E-state index is 13.0. The molecule has 2 amide bonds. The zero-order valence-corrected chi connectivity index (χ0v) is 19.7. The van der Waals surface area contributed by atoms with Gasteiger partial charge in [0.2, 0.25) is 5.69 Å². The second-order valence-electron chi connectivity index (χ2n) is 8.85. The van der Waals surface area contributed by atoms with Crippen LogP contribution in [0, 0.1) is 5.21 Å². The first kappa shape index (κ1) is 22.9. The number of carbonyl (C=O) groups is 2. The maximum Gasteiger partial charge on any atom is 0.268 e. The molecule has 1 aliphatic carbocycles. The summed E-state index contributed by atoms with van der Waals surface area (Å²) in [5.41, 5.74) is 3.07. The average molecular weight is 489 g/mol. The summed E-state index contributed by atoms with van der Waals surface area (Å²) < 4.78 is 0.798. The Balaban J connectivity index is 1.26. The minimum Gasteiger partial charge on any atom is -0.618 e. The van der Waals surface area contributed by atoms with Crippen LogP contribution in [0.5, 0.6) is 0 Å². The van der Waals surface area contributed by atoms with Crippen molar-refractivity contribution in [3.8, 4) is 11.3 Å². The highest BCUT2D eigenvalue weighted by Gasteiger charge is 2.29. The molecule has 5 rings (SSSR count). The van der Waals surface area contributed by atoms with E-state index < -0.39 is 0 Å². The molecule has 2 aromatic carbocycles. The number of benzene rings is 2. The number of nitrogens with one attached hydrogen (secondary N) is 3. The van der Waals surface area contributed by atoms with Gasteiger partial charge in [0.1, 0.15) is 5.69 Å². The quantitative estimate of drug-likeness (QED) is 0.283. The molecule has 1 aliphatic rings. The van der Waals surface area contributed by atoms with Gasteiger partial charge in [-0.2, -0.15) is 4.73 Å². The van der Waals surface area contributed by atoms with Crippen LogP contribution in [0.15, 0.2) is 72.9 Å². The second-order valence-corrected chi connectivity index (χ2v) is 9.28. The maximum absolute atomic E-state index is 13.0. The molecule has 0 radical (unpaired) electrons. The van der Waals surface area contributed by atoms with Gasteiger partial charge in [-0.05, 0) is 67.4 Å². The molecule has 8 heteroatoms. The molecule has 3 N–H and O–H groups in total. The normalized spacial score (nSPS) is 17.7. The summed E-state index contributed by atoms with van der Waals surface area (Å²) >= 11 is 6.06. The van der Waals surface area contributed by atoms with Crippen LogP contribution in [0.25, 0.3) is 22.2 Å². The Bertz CT molecular complexity index is 1380. The zero-order valence-electron chi connectivity index (χ0n) is 19.0. The van der Waals surface area contributed by atoms with Gasteiger partial charge < -0.3 is 20.8 Å². The molecule has 1 fully saturated rings. The van der Waals surface area contributed by atoms with Crippen molar-refractivity contribution in [2.75, 3.05) is 0 Å². The lowest BCUT2D eigenvalue weighted by molar-refractivity contribution is -0.593. The monoisotopic (exact) mass is 488 g/mol. The molecule has 2 atom stereocenters. The van der Waals surface area contributed by atoms with E-state index in [0.29, 0.717) is 22.0 Å². The lowest BCUT2D eigenvalue weighted by atomic mass is 9.90. The van der Waals surface area contributed by atoms with Crippen molar-refractivity contribution in [3.63, 3.8) is 0 Å². The van der Waals surface area contributed by atoms with Gasteiger partial charge in [-0.3, -0.25) is 9.59 Å². The predicted octanol–water partition coefficient (Wildman–Crippen LogP) is 4.59. The SMILES string of the molecule is O=C(N[C@H]1CCCC[C@H]1NC(=O)c1cc2cc(Cl)ccc2[nH]1)c1ccc(-c2cccc[n+]2[O-])cc1. The Hall–Kier alpha value is -3.84. The van der Waals surface area contributed by atoms with Crippen molar-refractivity contribution >= 4 is 34.3 Å². The number of carbonyl (C=O) groups excluding carboxylic acids is 2. The summed E-state index contributed by atoms with van der Waals surface area (Å²) in [6.07, 6.45) is 4.99. The number of nitrogens with zero attached hydrogens (tertiary/aromatic N) is 1. The second kappa shape index (κ2) is 9.80. The molecule has 4 aromatic rings. The van der Waals surface area contributed by atoms with Gasteiger partial charge in [0.25, 0.3) is 11.8 Å². The largest absolute Gasteiger partial charge is 0.618 e. The number of halogens is 1. The zero-order chi connectivity index (χ0) is 24.4. The van der Waals surface area contributed by atoms with Gasteiger partial charge in [0.05, 0.1) is 0 Å². The Morgan fingerprint density at radius 2 is 1.63 bits per heavy atom. The van der Waals surface area contributed by atoms with E-state index in [9.17, 15) is 14.8 Å². The van der Waals surface area contributed by atoms with Crippen molar-refractivity contribution in [2.45, 2.75) is 37.8 Å². The fourth-order valence-corrected chi connectivity index (χ4v) is 4.82. The van der Waals surface area contributed by atoms with E-state index in [1.165, 1.54) is 6.20 Å². The van der Waals surface area contributed by atoms with Gasteiger partial charge in [-0.1, -0.05) is 24.4 Å². The van der Waals surface area contributed by atoms with E-state index >= 15 is 0 Å². The third-order valence-corrected chi connectivity index (χ3v) is 6.73. The highest BCUT2D eigenvalue weighted by Crippen LogP contribution is 2.23. The summed E-state index contributed by atoms with van der Waals surface area (Å²) in [6.45, 7) is 0. The summed E-state index contributed by atoms with van der Waals surface area (Å²) in [7, 11) is 0. The van der Waals surface area contributed by atoms with Crippen molar-refractivity contribution in [3.05, 3.63) is 94.4 Å². The smallest absolute Gasteiger partial charge is 0.268 e. The molecule has 2 aromatic heterocycles.